The van der Waals surface area contributed by atoms with Gasteiger partial charge in [0, 0.05) is 6.07 Å². The molecule has 8 heteroatoms. The lowest BCUT2D eigenvalue weighted by Gasteiger charge is -2.05. The van der Waals surface area contributed by atoms with Crippen molar-refractivity contribution < 1.29 is 29.2 Å². The summed E-state index contributed by atoms with van der Waals surface area (Å²) < 4.78 is 4.44. The van der Waals surface area contributed by atoms with Gasteiger partial charge in [-0.05, 0) is 25.5 Å². The predicted octanol–water partition coefficient (Wildman–Crippen LogP) is 1.31. The number of hydrogen-bond acceptors (Lipinski definition) is 7. The van der Waals surface area contributed by atoms with E-state index in [1.54, 1.807) is 0 Å². The van der Waals surface area contributed by atoms with Crippen molar-refractivity contribution in [3.63, 3.8) is 0 Å². The molecule has 0 radical (unpaired) electrons. The molecule has 0 spiro atoms. The van der Waals surface area contributed by atoms with Crippen LogP contribution in [0.3, 0.4) is 0 Å². The van der Waals surface area contributed by atoms with Crippen LogP contribution in [0.1, 0.15) is 29.3 Å². The monoisotopic (exact) mass is 295 g/mol. The molecule has 21 heavy (non-hydrogen) atoms. The van der Waals surface area contributed by atoms with Crippen LogP contribution in [-0.2, 0) is 14.3 Å². The van der Waals surface area contributed by atoms with Gasteiger partial charge in [0.25, 0.3) is 0 Å². The second-order valence-electron chi connectivity index (χ2n) is 4.18. The Labute approximate surface area is 119 Å². The highest BCUT2D eigenvalue weighted by atomic mass is 16.6. The largest absolute Gasteiger partial charge is 0.502 e. The van der Waals surface area contributed by atoms with Gasteiger partial charge >= 0.3 is 11.7 Å². The molecule has 0 bridgehead atoms. The Morgan fingerprint density at radius 1 is 1.33 bits per heavy atom. The van der Waals surface area contributed by atoms with Crippen LogP contribution in [0.5, 0.6) is 5.75 Å². The normalized spacial score (nSPS) is 10.0. The summed E-state index contributed by atoms with van der Waals surface area (Å²) in [6.07, 6.45) is -0.826. The van der Waals surface area contributed by atoms with E-state index in [2.05, 4.69) is 4.74 Å². The number of carbonyl (C=O) groups is 3. The fraction of sp³-hybridized carbons (Fsp3) is 0.308. The van der Waals surface area contributed by atoms with Gasteiger partial charge in [0.2, 0.25) is 11.5 Å². The molecular formula is C13H13NO7. The number of rotatable bonds is 6. The summed E-state index contributed by atoms with van der Waals surface area (Å²) in [6, 6.07) is 2.31. The minimum absolute atomic E-state index is 0.0140. The van der Waals surface area contributed by atoms with E-state index < -0.39 is 40.3 Å². The van der Waals surface area contributed by atoms with Crippen LogP contribution in [0.4, 0.5) is 5.69 Å². The number of nitro benzene ring substituents is 1. The lowest BCUT2D eigenvalue weighted by molar-refractivity contribution is -0.385. The first kappa shape index (κ1) is 16.3. The molecule has 0 aliphatic rings. The number of aromatic hydroxyl groups is 1. The topological polar surface area (TPSA) is 124 Å². The number of benzene rings is 1. The van der Waals surface area contributed by atoms with E-state index in [1.165, 1.54) is 19.9 Å². The SMILES string of the molecule is CCOC(=O)C(=O)CC(=O)c1cc(C)cc([N+](=O)[O-])c1O. The molecule has 8 nitrogen and oxygen atoms in total. The minimum Gasteiger partial charge on any atom is -0.502 e. The number of ether oxygens (including phenoxy) is 1. The van der Waals surface area contributed by atoms with Crippen LogP contribution in [0.2, 0.25) is 0 Å². The average molecular weight is 295 g/mol. The molecule has 112 valence electrons. The Kier molecular flexibility index (Phi) is 5.12. The van der Waals surface area contributed by atoms with Crippen molar-refractivity contribution >= 4 is 23.2 Å². The molecule has 0 fully saturated rings. The van der Waals surface area contributed by atoms with Crippen molar-refractivity contribution in [2.24, 2.45) is 0 Å². The fourth-order valence-electron chi connectivity index (χ4n) is 1.64. The third-order valence-corrected chi connectivity index (χ3v) is 2.56. The molecule has 1 aromatic rings. The molecular weight excluding hydrogens is 282 g/mol. The first-order valence-electron chi connectivity index (χ1n) is 5.99. The van der Waals surface area contributed by atoms with Crippen LogP contribution >= 0.6 is 0 Å². The summed E-state index contributed by atoms with van der Waals surface area (Å²) in [5.74, 6) is -3.96. The van der Waals surface area contributed by atoms with E-state index in [1.807, 2.05) is 0 Å². The molecule has 1 rings (SSSR count). The highest BCUT2D eigenvalue weighted by Crippen LogP contribution is 2.31. The highest BCUT2D eigenvalue weighted by Gasteiger charge is 2.26. The quantitative estimate of drug-likeness (QED) is 0.209. The zero-order valence-electron chi connectivity index (χ0n) is 11.4. The van der Waals surface area contributed by atoms with Gasteiger partial charge in [-0.2, -0.15) is 0 Å². The molecule has 1 N–H and O–H groups in total. The van der Waals surface area contributed by atoms with E-state index in [0.717, 1.165) is 6.07 Å². The Bertz CT molecular complexity index is 621. The average Bonchev–Trinajstić information content (AvgIpc) is 2.40. The van der Waals surface area contributed by atoms with Crippen molar-refractivity contribution in [2.45, 2.75) is 20.3 Å². The van der Waals surface area contributed by atoms with Crippen molar-refractivity contribution in [3.8, 4) is 5.75 Å². The predicted molar refractivity (Wildman–Crippen MR) is 70.1 cm³/mol. The Hall–Kier alpha value is -2.77. The number of nitrogens with zero attached hydrogens (tertiary/aromatic N) is 1. The van der Waals surface area contributed by atoms with Crippen molar-refractivity contribution in [1.82, 2.24) is 0 Å². The van der Waals surface area contributed by atoms with Gasteiger partial charge in [-0.15, -0.1) is 0 Å². The number of ketones is 2. The molecule has 0 atom stereocenters. The first-order chi connectivity index (χ1) is 9.77. The van der Waals surface area contributed by atoms with E-state index in [9.17, 15) is 29.6 Å². The van der Waals surface area contributed by atoms with Gasteiger partial charge in [0.05, 0.1) is 23.5 Å². The standard InChI is InChI=1S/C13H13NO7/c1-3-21-13(18)11(16)6-10(15)8-4-7(2)5-9(12(8)17)14(19)20/h4-5,17H,3,6H2,1-2H3. The van der Waals surface area contributed by atoms with Gasteiger partial charge in [-0.25, -0.2) is 4.79 Å². The third kappa shape index (κ3) is 3.85. The van der Waals surface area contributed by atoms with Crippen LogP contribution in [0, 0.1) is 17.0 Å². The summed E-state index contributed by atoms with van der Waals surface area (Å²) in [5.41, 5.74) is -0.646. The lowest BCUT2D eigenvalue weighted by Crippen LogP contribution is -2.20. The number of aryl methyl sites for hydroxylation is 1. The van der Waals surface area contributed by atoms with Crippen LogP contribution in [0.15, 0.2) is 12.1 Å². The zero-order chi connectivity index (χ0) is 16.2. The Balaban J connectivity index is 3.06. The first-order valence-corrected chi connectivity index (χ1v) is 5.99. The van der Waals surface area contributed by atoms with Crippen LogP contribution in [0.25, 0.3) is 0 Å². The van der Waals surface area contributed by atoms with Crippen molar-refractivity contribution in [2.75, 3.05) is 6.61 Å². The maximum Gasteiger partial charge on any atom is 0.375 e. The number of phenolic OH excluding ortho intramolecular Hbond substituents is 1. The summed E-state index contributed by atoms with van der Waals surface area (Å²) in [4.78, 5) is 44.4. The number of Topliss-reactive ketones (excluding diaryl/α,β-unsaturated/α-hetero) is 2. The van der Waals surface area contributed by atoms with Crippen molar-refractivity contribution in [3.05, 3.63) is 33.4 Å². The molecule has 0 heterocycles. The Morgan fingerprint density at radius 3 is 2.48 bits per heavy atom. The van der Waals surface area contributed by atoms with Gasteiger partial charge in [0.15, 0.2) is 5.78 Å². The molecule has 0 aliphatic carbocycles. The maximum absolute atomic E-state index is 11.9. The molecule has 0 amide bonds. The smallest absolute Gasteiger partial charge is 0.375 e. The van der Waals surface area contributed by atoms with E-state index in [4.69, 9.17) is 0 Å². The molecule has 0 unspecified atom stereocenters. The second kappa shape index (κ2) is 6.60. The second-order valence-corrected chi connectivity index (χ2v) is 4.18. The number of nitro groups is 1. The molecule has 0 aromatic heterocycles. The maximum atomic E-state index is 11.9. The van der Waals surface area contributed by atoms with Gasteiger partial charge in [-0.3, -0.25) is 19.7 Å². The van der Waals surface area contributed by atoms with E-state index >= 15 is 0 Å². The zero-order valence-corrected chi connectivity index (χ0v) is 11.4. The number of carbonyl (C=O) groups excluding carboxylic acids is 3. The molecule has 0 aliphatic heterocycles. The number of esters is 1. The summed E-state index contributed by atoms with van der Waals surface area (Å²) in [5, 5.41) is 20.5. The molecule has 0 saturated heterocycles. The lowest BCUT2D eigenvalue weighted by atomic mass is 10.0. The van der Waals surface area contributed by atoms with E-state index in [-0.39, 0.29) is 12.2 Å². The van der Waals surface area contributed by atoms with Gasteiger partial charge in [-0.1, -0.05) is 0 Å². The minimum atomic E-state index is -1.16. The van der Waals surface area contributed by atoms with E-state index in [0.29, 0.717) is 5.56 Å². The molecule has 0 saturated carbocycles. The highest BCUT2D eigenvalue weighted by molar-refractivity contribution is 6.38. The van der Waals surface area contributed by atoms with Crippen LogP contribution in [-0.4, -0.2) is 34.2 Å². The Morgan fingerprint density at radius 2 is 1.95 bits per heavy atom. The number of hydrogen-bond donors (Lipinski definition) is 1. The fourth-order valence-corrected chi connectivity index (χ4v) is 1.64. The summed E-state index contributed by atoms with van der Waals surface area (Å²) in [6.45, 7) is 2.99. The van der Waals surface area contributed by atoms with Gasteiger partial charge in [0.1, 0.15) is 0 Å². The van der Waals surface area contributed by atoms with Gasteiger partial charge < -0.3 is 9.84 Å². The summed E-state index contributed by atoms with van der Waals surface area (Å²) >= 11 is 0. The molecule has 1 aromatic carbocycles. The number of phenols is 1. The van der Waals surface area contributed by atoms with Crippen molar-refractivity contribution in [1.29, 1.82) is 0 Å². The third-order valence-electron chi connectivity index (χ3n) is 2.56. The van der Waals surface area contributed by atoms with Crippen LogP contribution < -0.4 is 0 Å². The summed E-state index contributed by atoms with van der Waals surface area (Å²) in [7, 11) is 0.